The summed E-state index contributed by atoms with van der Waals surface area (Å²) < 4.78 is 7.15. The van der Waals surface area contributed by atoms with Gasteiger partial charge in [0.15, 0.2) is 10.9 Å². The maximum atomic E-state index is 12.4. The van der Waals surface area contributed by atoms with E-state index in [2.05, 4.69) is 10.2 Å². The van der Waals surface area contributed by atoms with Crippen molar-refractivity contribution in [3.8, 4) is 0 Å². The molecule has 0 bridgehead atoms. The molecule has 2 heterocycles. The van der Waals surface area contributed by atoms with Gasteiger partial charge in [-0.3, -0.25) is 9.36 Å². The zero-order chi connectivity index (χ0) is 17.1. The fourth-order valence-electron chi connectivity index (χ4n) is 2.90. The molecule has 0 unspecified atom stereocenters. The Balaban J connectivity index is 1.68. The van der Waals surface area contributed by atoms with Crippen molar-refractivity contribution >= 4 is 17.5 Å². The van der Waals surface area contributed by atoms with Crippen LogP contribution < -0.4 is 5.69 Å². The molecule has 0 aliphatic carbocycles. The Labute approximate surface area is 144 Å². The molecule has 6 nitrogen and oxygen atoms in total. The minimum Gasteiger partial charge on any atom is -0.376 e. The zero-order valence-corrected chi connectivity index (χ0v) is 14.7. The Morgan fingerprint density at radius 2 is 2.29 bits per heavy atom. The Morgan fingerprint density at radius 1 is 1.46 bits per heavy atom. The lowest BCUT2D eigenvalue weighted by Gasteiger charge is -2.11. The minimum atomic E-state index is -0.257. The van der Waals surface area contributed by atoms with E-state index in [9.17, 15) is 9.59 Å². The molecule has 1 atom stereocenters. The predicted octanol–water partition coefficient (Wildman–Crippen LogP) is 2.34. The summed E-state index contributed by atoms with van der Waals surface area (Å²) in [4.78, 5) is 24.4. The molecule has 1 aromatic heterocycles. The molecule has 0 spiro atoms. The minimum absolute atomic E-state index is 0.0385. The topological polar surface area (TPSA) is 77.0 Å². The van der Waals surface area contributed by atoms with E-state index < -0.39 is 0 Å². The first-order chi connectivity index (χ1) is 11.5. The number of H-pyrrole nitrogens is 1. The summed E-state index contributed by atoms with van der Waals surface area (Å²) in [6.45, 7) is 5.16. The number of thioether (sulfide) groups is 1. The van der Waals surface area contributed by atoms with Crippen molar-refractivity contribution in [3.63, 3.8) is 0 Å². The van der Waals surface area contributed by atoms with Gasteiger partial charge in [-0.15, -0.1) is 5.10 Å². The van der Waals surface area contributed by atoms with Gasteiger partial charge < -0.3 is 4.74 Å². The number of nitrogens with zero attached hydrogens (tertiary/aromatic N) is 2. The number of ether oxygens (including phenoxy) is 1. The molecule has 2 aromatic rings. The van der Waals surface area contributed by atoms with Crippen LogP contribution in [0.3, 0.4) is 0 Å². The lowest BCUT2D eigenvalue weighted by molar-refractivity contribution is 0.0941. The summed E-state index contributed by atoms with van der Waals surface area (Å²) in [5.41, 5.74) is 2.57. The van der Waals surface area contributed by atoms with Crippen LogP contribution in [0.2, 0.25) is 0 Å². The number of hydrogen-bond acceptors (Lipinski definition) is 5. The van der Waals surface area contributed by atoms with Crippen LogP contribution in [0.1, 0.15) is 34.3 Å². The number of rotatable bonds is 6. The van der Waals surface area contributed by atoms with Gasteiger partial charge in [0.2, 0.25) is 0 Å². The first-order valence-corrected chi connectivity index (χ1v) is 9.03. The van der Waals surface area contributed by atoms with E-state index in [1.807, 2.05) is 32.0 Å². The van der Waals surface area contributed by atoms with Gasteiger partial charge in [0.05, 0.1) is 18.4 Å². The van der Waals surface area contributed by atoms with Crippen LogP contribution in [0.5, 0.6) is 0 Å². The Kier molecular flexibility index (Phi) is 5.20. The van der Waals surface area contributed by atoms with Gasteiger partial charge in [-0.25, -0.2) is 9.89 Å². The third kappa shape index (κ3) is 3.79. The van der Waals surface area contributed by atoms with E-state index >= 15 is 0 Å². The molecule has 1 N–H and O–H groups in total. The van der Waals surface area contributed by atoms with Crippen molar-refractivity contribution in [1.82, 2.24) is 14.8 Å². The zero-order valence-electron chi connectivity index (χ0n) is 13.9. The van der Waals surface area contributed by atoms with Crippen LogP contribution >= 0.6 is 11.8 Å². The average molecular weight is 347 g/mol. The highest BCUT2D eigenvalue weighted by Crippen LogP contribution is 2.20. The second-order valence-corrected chi connectivity index (χ2v) is 7.03. The number of hydrogen-bond donors (Lipinski definition) is 1. The van der Waals surface area contributed by atoms with Gasteiger partial charge in [0, 0.05) is 12.2 Å². The van der Waals surface area contributed by atoms with Crippen molar-refractivity contribution in [2.24, 2.45) is 0 Å². The summed E-state index contributed by atoms with van der Waals surface area (Å²) in [7, 11) is 0. The molecule has 1 saturated heterocycles. The van der Waals surface area contributed by atoms with Crippen LogP contribution in [0.15, 0.2) is 28.2 Å². The van der Waals surface area contributed by atoms with Gasteiger partial charge in [-0.2, -0.15) is 0 Å². The Hall–Kier alpha value is -1.86. The van der Waals surface area contributed by atoms with E-state index in [0.29, 0.717) is 11.7 Å². The van der Waals surface area contributed by atoms with E-state index in [4.69, 9.17) is 4.74 Å². The summed E-state index contributed by atoms with van der Waals surface area (Å²) in [5.74, 6) is 0.288. The molecule has 3 rings (SSSR count). The largest absolute Gasteiger partial charge is 0.376 e. The maximum absolute atomic E-state index is 12.4. The first kappa shape index (κ1) is 17.0. The second-order valence-electron chi connectivity index (χ2n) is 6.09. The van der Waals surface area contributed by atoms with Crippen LogP contribution in [-0.2, 0) is 11.3 Å². The van der Waals surface area contributed by atoms with Crippen molar-refractivity contribution in [3.05, 3.63) is 45.4 Å². The van der Waals surface area contributed by atoms with Gasteiger partial charge in [-0.1, -0.05) is 35.5 Å². The quantitative estimate of drug-likeness (QED) is 0.641. The van der Waals surface area contributed by atoms with Crippen LogP contribution in [0, 0.1) is 13.8 Å². The third-order valence-electron chi connectivity index (χ3n) is 4.15. The number of aromatic nitrogens is 3. The molecule has 24 heavy (non-hydrogen) atoms. The fourth-order valence-corrected chi connectivity index (χ4v) is 3.74. The van der Waals surface area contributed by atoms with E-state index in [1.165, 1.54) is 11.8 Å². The lowest BCUT2D eigenvalue weighted by atomic mass is 10.0. The average Bonchev–Trinajstić information content (AvgIpc) is 3.17. The monoisotopic (exact) mass is 347 g/mol. The molecule has 0 saturated carbocycles. The number of benzene rings is 1. The maximum Gasteiger partial charge on any atom is 0.344 e. The SMILES string of the molecule is Cc1ccc(C(=O)CSc2n[nH]c(=O)n2C[C@H]2CCCO2)c(C)c1. The molecule has 0 radical (unpaired) electrons. The molecule has 1 aromatic carbocycles. The predicted molar refractivity (Wildman–Crippen MR) is 92.8 cm³/mol. The van der Waals surface area contributed by atoms with Crippen LogP contribution in [-0.4, -0.2) is 39.0 Å². The van der Waals surface area contributed by atoms with Gasteiger partial charge >= 0.3 is 5.69 Å². The van der Waals surface area contributed by atoms with Gasteiger partial charge in [0.1, 0.15) is 0 Å². The molecular formula is C17H21N3O3S. The van der Waals surface area contributed by atoms with Crippen molar-refractivity contribution < 1.29 is 9.53 Å². The van der Waals surface area contributed by atoms with E-state index in [0.717, 1.165) is 36.1 Å². The number of carbonyl (C=O) groups excluding carboxylic acids is 1. The number of Topliss-reactive ketones (excluding diaryl/α,β-unsaturated/α-hetero) is 1. The molecule has 1 fully saturated rings. The second kappa shape index (κ2) is 7.36. The summed E-state index contributed by atoms with van der Waals surface area (Å²) in [5, 5.41) is 7.04. The molecule has 1 aliphatic heterocycles. The summed E-state index contributed by atoms with van der Waals surface area (Å²) >= 11 is 1.28. The van der Waals surface area contributed by atoms with E-state index in [-0.39, 0.29) is 23.3 Å². The molecule has 128 valence electrons. The molecule has 0 amide bonds. The number of ketones is 1. The van der Waals surface area contributed by atoms with Crippen molar-refractivity contribution in [2.45, 2.75) is 44.5 Å². The summed E-state index contributed by atoms with van der Waals surface area (Å²) in [6.07, 6.45) is 2.02. The number of aryl methyl sites for hydroxylation is 2. The van der Waals surface area contributed by atoms with Crippen molar-refractivity contribution in [1.29, 1.82) is 0 Å². The Bertz CT molecular complexity index is 791. The third-order valence-corrected chi connectivity index (χ3v) is 5.12. The van der Waals surface area contributed by atoms with E-state index in [1.54, 1.807) is 4.57 Å². The number of carbonyl (C=O) groups is 1. The summed E-state index contributed by atoms with van der Waals surface area (Å²) in [6, 6.07) is 5.80. The highest BCUT2D eigenvalue weighted by atomic mass is 32.2. The highest BCUT2D eigenvalue weighted by molar-refractivity contribution is 7.99. The highest BCUT2D eigenvalue weighted by Gasteiger charge is 2.20. The number of aromatic amines is 1. The number of nitrogens with one attached hydrogen (secondary N) is 1. The standard InChI is InChI=1S/C17H21N3O3S/c1-11-5-6-14(12(2)8-11)15(21)10-24-17-19-18-16(22)20(17)9-13-4-3-7-23-13/h5-6,8,13H,3-4,7,9-10H2,1-2H3,(H,18,22)/t13-/m1/s1. The molecule has 7 heteroatoms. The smallest absolute Gasteiger partial charge is 0.344 e. The first-order valence-electron chi connectivity index (χ1n) is 8.04. The lowest BCUT2D eigenvalue weighted by Crippen LogP contribution is -2.25. The van der Waals surface area contributed by atoms with Crippen molar-refractivity contribution in [2.75, 3.05) is 12.4 Å². The van der Waals surface area contributed by atoms with Gasteiger partial charge in [-0.05, 0) is 32.3 Å². The molecule has 1 aliphatic rings. The Morgan fingerprint density at radius 3 is 3.00 bits per heavy atom. The van der Waals surface area contributed by atoms with Crippen LogP contribution in [0.25, 0.3) is 0 Å². The molecular weight excluding hydrogens is 326 g/mol. The normalized spacial score (nSPS) is 17.3. The van der Waals surface area contributed by atoms with Crippen LogP contribution in [0.4, 0.5) is 0 Å². The van der Waals surface area contributed by atoms with Gasteiger partial charge in [0.25, 0.3) is 0 Å². The fraction of sp³-hybridized carbons (Fsp3) is 0.471.